The lowest BCUT2D eigenvalue weighted by Gasteiger charge is -2.40. The number of pyridine rings is 1. The molecule has 0 atom stereocenters. The van der Waals surface area contributed by atoms with Gasteiger partial charge in [0.25, 0.3) is 11.9 Å². The molecule has 3 N–H and O–H groups in total. The van der Waals surface area contributed by atoms with Gasteiger partial charge in [-0.3, -0.25) is 9.59 Å². The first kappa shape index (κ1) is 23.2. The molecular formula is C22H29N3O5S. The fraction of sp³-hybridized carbons (Fsp3) is 0.500. The van der Waals surface area contributed by atoms with Crippen molar-refractivity contribution >= 4 is 23.2 Å². The number of carbonyl (C=O) groups excluding carboxylic acids is 1. The maximum Gasteiger partial charge on any atom is 0.300 e. The first-order valence-corrected chi connectivity index (χ1v) is 11.2. The molecule has 8 nitrogen and oxygen atoms in total. The summed E-state index contributed by atoms with van der Waals surface area (Å²) in [6.07, 6.45) is 5.23. The van der Waals surface area contributed by atoms with E-state index in [4.69, 9.17) is 19.4 Å². The Bertz CT molecular complexity index is 904. The van der Waals surface area contributed by atoms with Crippen molar-refractivity contribution in [3.05, 3.63) is 45.3 Å². The molecule has 0 aromatic carbocycles. The summed E-state index contributed by atoms with van der Waals surface area (Å²) in [5, 5.41) is 13.9. The number of hydrogen-bond acceptors (Lipinski definition) is 7. The van der Waals surface area contributed by atoms with Gasteiger partial charge < -0.3 is 25.2 Å². The minimum absolute atomic E-state index is 0.0126. The van der Waals surface area contributed by atoms with Crippen LogP contribution in [0.2, 0.25) is 0 Å². The molecule has 0 unspecified atom stereocenters. The van der Waals surface area contributed by atoms with Gasteiger partial charge in [0.15, 0.2) is 0 Å². The van der Waals surface area contributed by atoms with Crippen LogP contribution in [0.3, 0.4) is 0 Å². The molecule has 9 heteroatoms. The van der Waals surface area contributed by atoms with Crippen LogP contribution < -0.4 is 15.4 Å². The van der Waals surface area contributed by atoms with Gasteiger partial charge in [0, 0.05) is 30.1 Å². The molecule has 0 radical (unpaired) electrons. The Hall–Kier alpha value is -2.49. The van der Waals surface area contributed by atoms with Gasteiger partial charge in [0.1, 0.15) is 5.60 Å². The van der Waals surface area contributed by atoms with E-state index in [2.05, 4.69) is 21.7 Å². The number of nitrogens with zero attached hydrogens (tertiary/aromatic N) is 1. The summed E-state index contributed by atoms with van der Waals surface area (Å²) < 4.78 is 11.5. The summed E-state index contributed by atoms with van der Waals surface area (Å²) in [6, 6.07) is 5.91. The molecule has 2 aliphatic rings. The number of fused-ring (bicyclic) bond motifs is 2. The highest BCUT2D eigenvalue weighted by Crippen LogP contribution is 2.44. The fourth-order valence-corrected chi connectivity index (χ4v) is 5.26. The third kappa shape index (κ3) is 5.81. The van der Waals surface area contributed by atoms with Gasteiger partial charge in [-0.25, -0.2) is 4.98 Å². The van der Waals surface area contributed by atoms with Crippen molar-refractivity contribution in [1.82, 2.24) is 15.6 Å². The lowest BCUT2D eigenvalue weighted by atomic mass is 9.86. The summed E-state index contributed by atoms with van der Waals surface area (Å²) in [5.41, 5.74) is 2.09. The highest BCUT2D eigenvalue weighted by atomic mass is 32.1. The normalized spacial score (nSPS) is 16.6. The van der Waals surface area contributed by atoms with Crippen LogP contribution in [0.1, 0.15) is 45.4 Å². The molecule has 1 spiro atoms. The second-order valence-corrected chi connectivity index (χ2v) is 8.56. The minimum Gasteiger partial charge on any atom is -0.481 e. The number of thiophene rings is 1. The van der Waals surface area contributed by atoms with E-state index in [0.29, 0.717) is 18.8 Å². The molecule has 168 valence electrons. The number of carbonyl (C=O) groups is 2. The van der Waals surface area contributed by atoms with E-state index in [1.165, 1.54) is 10.4 Å². The molecule has 2 aromatic heterocycles. The minimum atomic E-state index is -0.833. The number of rotatable bonds is 5. The molecule has 1 fully saturated rings. The maximum atomic E-state index is 12.7. The monoisotopic (exact) mass is 447 g/mol. The highest BCUT2D eigenvalue weighted by molar-refractivity contribution is 7.14. The number of methoxy groups -OCH3 is 1. The molecule has 0 bridgehead atoms. The predicted octanol–water partition coefficient (Wildman–Crippen LogP) is 2.37. The molecule has 1 amide bonds. The molecule has 0 aliphatic carbocycles. The largest absolute Gasteiger partial charge is 0.481 e. The summed E-state index contributed by atoms with van der Waals surface area (Å²) in [6.45, 7) is 4.30. The lowest BCUT2D eigenvalue weighted by Crippen LogP contribution is -2.43. The van der Waals surface area contributed by atoms with E-state index >= 15 is 0 Å². The van der Waals surface area contributed by atoms with Crippen LogP contribution in [-0.4, -0.2) is 55.3 Å². The van der Waals surface area contributed by atoms with E-state index in [9.17, 15) is 4.79 Å². The maximum absolute atomic E-state index is 12.7. The average molecular weight is 448 g/mol. The summed E-state index contributed by atoms with van der Waals surface area (Å²) >= 11 is 1.60. The molecule has 2 aromatic rings. The Morgan fingerprint density at radius 2 is 2.13 bits per heavy atom. The fourth-order valence-electron chi connectivity index (χ4n) is 3.93. The van der Waals surface area contributed by atoms with Crippen LogP contribution >= 0.6 is 11.3 Å². The second-order valence-electron chi connectivity index (χ2n) is 7.50. The van der Waals surface area contributed by atoms with E-state index < -0.39 is 5.97 Å². The number of hydrogen-bond donors (Lipinski definition) is 3. The van der Waals surface area contributed by atoms with Crippen LogP contribution in [0.15, 0.2) is 24.4 Å². The SMILES string of the molecule is CC(=O)O.COc1ncccc1CCNC(=O)c1cc2c(s1)C1(CCNCC1)OCC2. The van der Waals surface area contributed by atoms with Crippen molar-refractivity contribution in [1.29, 1.82) is 0 Å². The van der Waals surface area contributed by atoms with E-state index in [1.807, 2.05) is 12.1 Å². The Kier molecular flexibility index (Phi) is 8.00. The number of amides is 1. The predicted molar refractivity (Wildman–Crippen MR) is 118 cm³/mol. The zero-order valence-corrected chi connectivity index (χ0v) is 18.7. The lowest BCUT2D eigenvalue weighted by molar-refractivity contribution is -0.134. The number of ether oxygens (including phenoxy) is 2. The van der Waals surface area contributed by atoms with Gasteiger partial charge in [-0.1, -0.05) is 6.07 Å². The number of carboxylic acids is 1. The third-order valence-corrected chi connectivity index (χ3v) is 6.69. The van der Waals surface area contributed by atoms with Crippen LogP contribution in [0.5, 0.6) is 5.88 Å². The number of aromatic nitrogens is 1. The highest BCUT2D eigenvalue weighted by Gasteiger charge is 2.41. The Morgan fingerprint density at radius 1 is 1.39 bits per heavy atom. The molecule has 1 saturated heterocycles. The number of aliphatic carboxylic acids is 1. The Labute approximate surface area is 186 Å². The molecule has 0 saturated carbocycles. The molecule has 31 heavy (non-hydrogen) atoms. The van der Waals surface area contributed by atoms with Crippen LogP contribution in [-0.2, 0) is 28.0 Å². The van der Waals surface area contributed by atoms with Crippen LogP contribution in [0.25, 0.3) is 0 Å². The van der Waals surface area contributed by atoms with Crippen LogP contribution in [0.4, 0.5) is 0 Å². The standard InChI is InChI=1S/C20H25N3O3S.C2H4O2/c1-25-19-14(3-2-8-23-19)4-9-22-18(24)16-13-15-5-12-26-20(17(15)27-16)6-10-21-11-7-20;1-2(3)4/h2-3,8,13,21H,4-7,9-12H2,1H3,(H,22,24);1H3,(H,3,4). The third-order valence-electron chi connectivity index (χ3n) is 5.33. The van der Waals surface area contributed by atoms with E-state index in [1.54, 1.807) is 24.6 Å². The Balaban J connectivity index is 0.000000628. The number of carboxylic acid groups (broad SMARTS) is 1. The van der Waals surface area contributed by atoms with Crippen molar-refractivity contribution in [2.24, 2.45) is 0 Å². The number of nitrogens with one attached hydrogen (secondary N) is 2. The van der Waals surface area contributed by atoms with Gasteiger partial charge in [-0.05, 0) is 56.5 Å². The molecule has 2 aliphatic heterocycles. The van der Waals surface area contributed by atoms with Gasteiger partial charge in [-0.2, -0.15) is 0 Å². The Morgan fingerprint density at radius 3 is 2.84 bits per heavy atom. The van der Waals surface area contributed by atoms with Crippen LogP contribution in [0, 0.1) is 0 Å². The zero-order chi connectivity index (χ0) is 22.3. The average Bonchev–Trinajstić information content (AvgIpc) is 3.21. The first-order valence-electron chi connectivity index (χ1n) is 10.4. The van der Waals surface area contributed by atoms with E-state index in [0.717, 1.165) is 56.3 Å². The molecular weight excluding hydrogens is 418 g/mol. The summed E-state index contributed by atoms with van der Waals surface area (Å²) in [7, 11) is 1.61. The quantitative estimate of drug-likeness (QED) is 0.645. The summed E-state index contributed by atoms with van der Waals surface area (Å²) in [4.78, 5) is 27.9. The van der Waals surface area contributed by atoms with Gasteiger partial charge in [0.05, 0.1) is 18.6 Å². The zero-order valence-electron chi connectivity index (χ0n) is 17.9. The van der Waals surface area contributed by atoms with Gasteiger partial charge >= 0.3 is 0 Å². The van der Waals surface area contributed by atoms with Crippen molar-refractivity contribution in [3.8, 4) is 5.88 Å². The van der Waals surface area contributed by atoms with Gasteiger partial charge in [-0.15, -0.1) is 11.3 Å². The summed E-state index contributed by atoms with van der Waals surface area (Å²) in [5.74, 6) is -0.232. The smallest absolute Gasteiger partial charge is 0.300 e. The second kappa shape index (κ2) is 10.7. The van der Waals surface area contributed by atoms with Crippen molar-refractivity contribution < 1.29 is 24.2 Å². The number of piperidine rings is 1. The van der Waals surface area contributed by atoms with Crippen molar-refractivity contribution in [2.75, 3.05) is 33.4 Å². The topological polar surface area (TPSA) is 110 Å². The first-order chi connectivity index (χ1) is 14.9. The van der Waals surface area contributed by atoms with E-state index in [-0.39, 0.29) is 11.5 Å². The van der Waals surface area contributed by atoms with Gasteiger partial charge in [0.2, 0.25) is 5.88 Å². The molecule has 4 rings (SSSR count). The van der Waals surface area contributed by atoms with Crippen molar-refractivity contribution in [2.45, 2.75) is 38.2 Å². The van der Waals surface area contributed by atoms with Crippen molar-refractivity contribution in [3.63, 3.8) is 0 Å². The molecule has 4 heterocycles.